The molecule has 0 aromatic heterocycles. The molecule has 0 aromatic rings. The minimum atomic E-state index is -2.83. The summed E-state index contributed by atoms with van der Waals surface area (Å²) in [5.41, 5.74) is 2.46. The molecule has 2 bridgehead atoms. The van der Waals surface area contributed by atoms with Gasteiger partial charge in [-0.1, -0.05) is 0 Å². The van der Waals surface area contributed by atoms with Gasteiger partial charge in [-0.05, 0) is 57.7 Å². The molecule has 4 aliphatic rings. The molecular formula is C17H28N5O6S-. The van der Waals surface area contributed by atoms with Gasteiger partial charge in [-0.25, -0.2) is 14.5 Å². The molecule has 3 unspecified atom stereocenters. The monoisotopic (exact) mass is 430 g/mol. The minimum Gasteiger partial charge on any atom is -0.748 e. The average molecular weight is 431 g/mol. The largest absolute Gasteiger partial charge is 0.748 e. The van der Waals surface area contributed by atoms with Gasteiger partial charge in [-0.15, -0.1) is 0 Å². The number of rotatable bonds is 8. The highest BCUT2D eigenvalue weighted by molar-refractivity contribution is 7.74. The highest BCUT2D eigenvalue weighted by Gasteiger charge is 2.48. The Morgan fingerprint density at radius 3 is 2.86 bits per heavy atom. The number of hydroxylamine groups is 3. The lowest BCUT2D eigenvalue weighted by Gasteiger charge is -2.29. The second-order valence-electron chi connectivity index (χ2n) is 8.28. The van der Waals surface area contributed by atoms with E-state index in [4.69, 9.17) is 4.84 Å². The quantitative estimate of drug-likeness (QED) is 0.375. The Bertz CT molecular complexity index is 648. The lowest BCUT2D eigenvalue weighted by molar-refractivity contribution is -0.139. The third-order valence-electron chi connectivity index (χ3n) is 6.25. The summed E-state index contributed by atoms with van der Waals surface area (Å²) in [7, 11) is 0. The highest BCUT2D eigenvalue weighted by atomic mass is 32.2. The van der Waals surface area contributed by atoms with Gasteiger partial charge in [0.2, 0.25) is 0 Å². The zero-order chi connectivity index (χ0) is 20.4. The summed E-state index contributed by atoms with van der Waals surface area (Å²) < 4.78 is 26.1. The Hall–Kier alpha value is -1.31. The molecule has 4 saturated heterocycles. The van der Waals surface area contributed by atoms with Crippen molar-refractivity contribution in [3.63, 3.8) is 0 Å². The maximum Gasteiger partial charge on any atom is 0.346 e. The van der Waals surface area contributed by atoms with Gasteiger partial charge in [-0.3, -0.25) is 9.63 Å². The zero-order valence-corrected chi connectivity index (χ0v) is 17.1. The molecule has 0 radical (unpaired) electrons. The molecule has 0 aliphatic carbocycles. The number of carbonyl (C=O) groups is 2. The summed E-state index contributed by atoms with van der Waals surface area (Å²) in [5, 5.41) is 4.28. The van der Waals surface area contributed by atoms with E-state index in [2.05, 4.69) is 20.0 Å². The first-order valence-corrected chi connectivity index (χ1v) is 11.3. The van der Waals surface area contributed by atoms with Crippen molar-refractivity contribution in [3.05, 3.63) is 0 Å². The summed E-state index contributed by atoms with van der Waals surface area (Å²) in [4.78, 5) is 34.1. The number of nitrogens with one attached hydrogen (secondary N) is 2. The number of amides is 3. The molecule has 3 amide bonds. The summed E-state index contributed by atoms with van der Waals surface area (Å²) in [6.07, 6.45) is 4.51. The van der Waals surface area contributed by atoms with Crippen molar-refractivity contribution in [3.8, 4) is 0 Å². The van der Waals surface area contributed by atoms with Crippen LogP contribution in [0.1, 0.15) is 32.1 Å². The molecule has 0 spiro atoms. The van der Waals surface area contributed by atoms with Gasteiger partial charge in [0.1, 0.15) is 17.4 Å². The van der Waals surface area contributed by atoms with Crippen LogP contribution in [0.4, 0.5) is 4.79 Å². The first-order chi connectivity index (χ1) is 14.0. The minimum absolute atomic E-state index is 0.197. The van der Waals surface area contributed by atoms with Crippen LogP contribution in [0, 0.1) is 5.92 Å². The third-order valence-corrected chi connectivity index (χ3v) is 6.53. The summed E-state index contributed by atoms with van der Waals surface area (Å²) >= 11 is -2.83. The summed E-state index contributed by atoms with van der Waals surface area (Å²) in [5.74, 6) is 0.209. The van der Waals surface area contributed by atoms with E-state index in [0.717, 1.165) is 24.6 Å². The zero-order valence-electron chi connectivity index (χ0n) is 16.3. The van der Waals surface area contributed by atoms with Crippen molar-refractivity contribution in [2.24, 2.45) is 5.92 Å². The topological polar surface area (TPSA) is 127 Å². The van der Waals surface area contributed by atoms with E-state index < -0.39 is 29.3 Å². The van der Waals surface area contributed by atoms with E-state index in [1.807, 2.05) is 0 Å². The van der Waals surface area contributed by atoms with Crippen molar-refractivity contribution in [1.82, 2.24) is 25.7 Å². The molecule has 164 valence electrons. The van der Waals surface area contributed by atoms with Crippen LogP contribution in [-0.4, -0.2) is 93.0 Å². The van der Waals surface area contributed by atoms with E-state index in [1.165, 1.54) is 30.8 Å². The van der Waals surface area contributed by atoms with Crippen LogP contribution >= 0.6 is 0 Å². The van der Waals surface area contributed by atoms with E-state index in [9.17, 15) is 18.4 Å². The molecule has 12 heteroatoms. The van der Waals surface area contributed by atoms with Crippen LogP contribution in [0.15, 0.2) is 0 Å². The second kappa shape index (κ2) is 9.23. The number of nitrogens with zero attached hydrogens (tertiary/aromatic N) is 3. The molecule has 4 rings (SSSR count). The Morgan fingerprint density at radius 1 is 1.31 bits per heavy atom. The number of fused-ring (bicyclic) bond motifs is 2. The molecule has 11 nitrogen and oxygen atoms in total. The lowest BCUT2D eigenvalue weighted by Crippen LogP contribution is -2.50. The molecule has 5 atom stereocenters. The van der Waals surface area contributed by atoms with Gasteiger partial charge in [0, 0.05) is 19.1 Å². The Morgan fingerprint density at radius 2 is 2.10 bits per heavy atom. The van der Waals surface area contributed by atoms with Gasteiger partial charge in [0.05, 0.1) is 12.6 Å². The first-order valence-electron chi connectivity index (χ1n) is 10.3. The van der Waals surface area contributed by atoms with Crippen LogP contribution in [0.2, 0.25) is 0 Å². The molecule has 0 aromatic carbocycles. The van der Waals surface area contributed by atoms with Gasteiger partial charge in [-0.2, -0.15) is 9.35 Å². The van der Waals surface area contributed by atoms with E-state index in [1.54, 1.807) is 0 Å². The highest BCUT2D eigenvalue weighted by Crippen LogP contribution is 2.30. The SMILES string of the molecule is O=C(NOC[C@H]1C[C@H](CN2CCCC2)CN1)C1CCC2CN1C(=O)N2OS(=O)[O-]. The van der Waals surface area contributed by atoms with Crippen LogP contribution in [0.25, 0.3) is 0 Å². The molecule has 0 saturated carbocycles. The number of hydrogen-bond donors (Lipinski definition) is 2. The molecule has 4 fully saturated rings. The van der Waals surface area contributed by atoms with E-state index >= 15 is 0 Å². The van der Waals surface area contributed by atoms with Gasteiger partial charge < -0.3 is 19.7 Å². The standard InChI is InChI=1S/C17H29N5O6S/c23-16(15-4-3-14-10-21(15)17(24)22(14)28-29(25)26)19-27-11-13-7-12(8-18-13)9-20-5-1-2-6-20/h12-15,18H,1-11H2,(H,19,23)(H,25,26)/p-1/t12-,13+,14?,15?/m0/s1. The lowest BCUT2D eigenvalue weighted by atomic mass is 10.0. The van der Waals surface area contributed by atoms with Crippen molar-refractivity contribution >= 4 is 23.3 Å². The van der Waals surface area contributed by atoms with Crippen molar-refractivity contribution in [1.29, 1.82) is 0 Å². The second-order valence-corrected chi connectivity index (χ2v) is 8.84. The van der Waals surface area contributed by atoms with Crippen LogP contribution in [-0.2, 0) is 25.3 Å². The molecule has 4 aliphatic heterocycles. The smallest absolute Gasteiger partial charge is 0.346 e. The molecule has 29 heavy (non-hydrogen) atoms. The maximum atomic E-state index is 12.5. The Kier molecular flexibility index (Phi) is 6.66. The van der Waals surface area contributed by atoms with E-state index in [-0.39, 0.29) is 18.6 Å². The van der Waals surface area contributed by atoms with Gasteiger partial charge in [0.25, 0.3) is 5.91 Å². The summed E-state index contributed by atoms with van der Waals surface area (Å²) in [6.45, 7) is 5.09. The molecule has 4 heterocycles. The maximum absolute atomic E-state index is 12.5. The number of carbonyl (C=O) groups excluding carboxylic acids is 2. The predicted octanol–water partition coefficient (Wildman–Crippen LogP) is -0.898. The van der Waals surface area contributed by atoms with Crippen molar-refractivity contribution in [2.75, 3.05) is 39.3 Å². The van der Waals surface area contributed by atoms with Crippen LogP contribution in [0.5, 0.6) is 0 Å². The average Bonchev–Trinajstić information content (AvgIpc) is 3.41. The third kappa shape index (κ3) is 4.89. The molecular weight excluding hydrogens is 402 g/mol. The fraction of sp³-hybridized carbons (Fsp3) is 0.882. The first kappa shape index (κ1) is 20.9. The number of hydrogen-bond acceptors (Lipinski definition) is 8. The Labute approximate surface area is 172 Å². The van der Waals surface area contributed by atoms with Gasteiger partial charge >= 0.3 is 6.03 Å². The predicted molar refractivity (Wildman–Crippen MR) is 100 cm³/mol. The Balaban J connectivity index is 1.19. The fourth-order valence-corrected chi connectivity index (χ4v) is 5.16. The number of urea groups is 1. The number of piperidine rings is 1. The fourth-order valence-electron chi connectivity index (χ4n) is 4.85. The van der Waals surface area contributed by atoms with Crippen LogP contribution in [0.3, 0.4) is 0 Å². The molecule has 2 N–H and O–H groups in total. The summed E-state index contributed by atoms with van der Waals surface area (Å²) in [6, 6.07) is -1.46. The van der Waals surface area contributed by atoms with E-state index in [0.29, 0.717) is 25.4 Å². The van der Waals surface area contributed by atoms with Gasteiger partial charge in [0.15, 0.2) is 0 Å². The van der Waals surface area contributed by atoms with Crippen molar-refractivity contribution < 1.29 is 27.5 Å². The number of likely N-dealkylation sites (tertiary alicyclic amines) is 1. The van der Waals surface area contributed by atoms with Crippen LogP contribution < -0.4 is 10.8 Å². The van der Waals surface area contributed by atoms with Crippen molar-refractivity contribution in [2.45, 2.75) is 50.2 Å². The normalized spacial score (nSPS) is 33.5.